The lowest BCUT2D eigenvalue weighted by atomic mass is 10.1. The molecule has 0 aliphatic rings. The van der Waals surface area contributed by atoms with Crippen LogP contribution < -0.4 is 11.1 Å². The van der Waals surface area contributed by atoms with Crippen LogP contribution in [0, 0.1) is 0 Å². The number of fused-ring (bicyclic) bond motifs is 1. The van der Waals surface area contributed by atoms with Crippen LogP contribution in [0.1, 0.15) is 5.56 Å². The Morgan fingerprint density at radius 1 is 0.952 bits per heavy atom. The Morgan fingerprint density at radius 3 is 2.48 bits per heavy atom. The second-order valence-corrected chi connectivity index (χ2v) is 6.10. The Bertz CT molecular complexity index is 830. The summed E-state index contributed by atoms with van der Waals surface area (Å²) in [7, 11) is 0. The van der Waals surface area contributed by atoms with E-state index in [2.05, 4.69) is 45.5 Å². The average Bonchev–Trinajstić information content (AvgIpc) is 2.48. The van der Waals surface area contributed by atoms with Crippen molar-refractivity contribution in [3.8, 4) is 0 Å². The molecule has 3 N–H and O–H groups in total. The smallest absolute Gasteiger partial charge is 0.106 e. The predicted octanol–water partition coefficient (Wildman–Crippen LogP) is 4.98. The SMILES string of the molecule is NC(=S)c1ccccc1Nc1ccc2cc(Br)ccc2c1. The summed E-state index contributed by atoms with van der Waals surface area (Å²) in [6.45, 7) is 0. The van der Waals surface area contributed by atoms with Gasteiger partial charge in [0.25, 0.3) is 0 Å². The van der Waals surface area contributed by atoms with Gasteiger partial charge in [-0.15, -0.1) is 0 Å². The van der Waals surface area contributed by atoms with E-state index in [0.29, 0.717) is 4.99 Å². The fourth-order valence-electron chi connectivity index (χ4n) is 2.26. The summed E-state index contributed by atoms with van der Waals surface area (Å²) in [6, 6.07) is 20.2. The quantitative estimate of drug-likeness (QED) is 0.650. The minimum Gasteiger partial charge on any atom is -0.389 e. The summed E-state index contributed by atoms with van der Waals surface area (Å²) in [5.74, 6) is 0. The minimum atomic E-state index is 0.391. The molecule has 0 amide bonds. The molecule has 0 saturated heterocycles. The van der Waals surface area contributed by atoms with E-state index in [9.17, 15) is 0 Å². The average molecular weight is 357 g/mol. The molecule has 0 saturated carbocycles. The zero-order valence-electron chi connectivity index (χ0n) is 11.1. The standard InChI is InChI=1S/C17H13BrN2S/c18-13-7-5-12-10-14(8-6-11(12)9-13)20-16-4-2-1-3-15(16)17(19)21/h1-10,20H,(H2,19,21). The van der Waals surface area contributed by atoms with Crippen molar-refractivity contribution in [2.45, 2.75) is 0 Å². The topological polar surface area (TPSA) is 38.0 Å². The van der Waals surface area contributed by atoms with Crippen LogP contribution in [-0.4, -0.2) is 4.99 Å². The zero-order valence-corrected chi connectivity index (χ0v) is 13.5. The van der Waals surface area contributed by atoms with Crippen molar-refractivity contribution < 1.29 is 0 Å². The summed E-state index contributed by atoms with van der Waals surface area (Å²) in [4.78, 5) is 0.391. The fourth-order valence-corrected chi connectivity index (χ4v) is 2.81. The third kappa shape index (κ3) is 3.06. The Balaban J connectivity index is 1.99. The predicted molar refractivity (Wildman–Crippen MR) is 97.3 cm³/mol. The van der Waals surface area contributed by atoms with Crippen molar-refractivity contribution in [3.05, 3.63) is 70.7 Å². The van der Waals surface area contributed by atoms with Crippen LogP contribution in [0.4, 0.5) is 11.4 Å². The van der Waals surface area contributed by atoms with Crippen molar-refractivity contribution in [1.29, 1.82) is 0 Å². The van der Waals surface area contributed by atoms with Gasteiger partial charge in [-0.1, -0.05) is 52.4 Å². The first kappa shape index (κ1) is 14.0. The number of nitrogens with one attached hydrogen (secondary N) is 1. The highest BCUT2D eigenvalue weighted by atomic mass is 79.9. The molecule has 0 aliphatic heterocycles. The van der Waals surface area contributed by atoms with Crippen LogP contribution in [0.25, 0.3) is 10.8 Å². The van der Waals surface area contributed by atoms with E-state index in [0.717, 1.165) is 21.4 Å². The van der Waals surface area contributed by atoms with Gasteiger partial charge < -0.3 is 11.1 Å². The third-order valence-electron chi connectivity index (χ3n) is 3.27. The molecule has 21 heavy (non-hydrogen) atoms. The lowest BCUT2D eigenvalue weighted by Crippen LogP contribution is -2.11. The number of benzene rings is 3. The molecule has 0 radical (unpaired) electrons. The first-order chi connectivity index (χ1) is 10.1. The number of nitrogens with two attached hydrogens (primary N) is 1. The summed E-state index contributed by atoms with van der Waals surface area (Å²) >= 11 is 8.58. The Hall–Kier alpha value is -1.91. The molecular formula is C17H13BrN2S. The van der Waals surface area contributed by atoms with Gasteiger partial charge in [-0.25, -0.2) is 0 Å². The maximum Gasteiger partial charge on any atom is 0.106 e. The number of para-hydroxylation sites is 1. The zero-order chi connectivity index (χ0) is 14.8. The van der Waals surface area contributed by atoms with Crippen molar-refractivity contribution in [2.24, 2.45) is 5.73 Å². The highest BCUT2D eigenvalue weighted by Gasteiger charge is 2.05. The highest BCUT2D eigenvalue weighted by Crippen LogP contribution is 2.26. The Labute approximate surface area is 137 Å². The van der Waals surface area contributed by atoms with Crippen molar-refractivity contribution in [3.63, 3.8) is 0 Å². The Morgan fingerprint density at radius 2 is 1.67 bits per heavy atom. The van der Waals surface area contributed by atoms with E-state index >= 15 is 0 Å². The third-order valence-corrected chi connectivity index (χ3v) is 3.99. The number of hydrogen-bond acceptors (Lipinski definition) is 2. The highest BCUT2D eigenvalue weighted by molar-refractivity contribution is 9.10. The molecule has 0 fully saturated rings. The summed E-state index contributed by atoms with van der Waals surface area (Å²) in [6.07, 6.45) is 0. The lowest BCUT2D eigenvalue weighted by molar-refractivity contribution is 1.53. The van der Waals surface area contributed by atoms with Crippen LogP contribution in [0.2, 0.25) is 0 Å². The van der Waals surface area contributed by atoms with Gasteiger partial charge >= 0.3 is 0 Å². The monoisotopic (exact) mass is 356 g/mol. The van der Waals surface area contributed by atoms with Crippen molar-refractivity contribution in [1.82, 2.24) is 0 Å². The van der Waals surface area contributed by atoms with Crippen LogP contribution in [0.5, 0.6) is 0 Å². The first-order valence-electron chi connectivity index (χ1n) is 6.49. The molecule has 3 aromatic carbocycles. The molecule has 4 heteroatoms. The van der Waals surface area contributed by atoms with Gasteiger partial charge in [0.15, 0.2) is 0 Å². The van der Waals surface area contributed by atoms with Crippen LogP contribution in [0.3, 0.4) is 0 Å². The normalized spacial score (nSPS) is 10.5. The molecule has 0 spiro atoms. The van der Waals surface area contributed by atoms with Gasteiger partial charge in [0, 0.05) is 21.4 Å². The number of hydrogen-bond donors (Lipinski definition) is 2. The summed E-state index contributed by atoms with van der Waals surface area (Å²) in [5, 5.41) is 5.75. The van der Waals surface area contributed by atoms with Gasteiger partial charge in [0.2, 0.25) is 0 Å². The summed E-state index contributed by atoms with van der Waals surface area (Å²) in [5.41, 5.74) is 8.54. The number of halogens is 1. The van der Waals surface area contributed by atoms with Crippen LogP contribution >= 0.6 is 28.1 Å². The van der Waals surface area contributed by atoms with E-state index in [1.54, 1.807) is 0 Å². The van der Waals surface area contributed by atoms with E-state index in [1.165, 1.54) is 10.8 Å². The molecule has 104 valence electrons. The first-order valence-corrected chi connectivity index (χ1v) is 7.69. The number of thiocarbonyl (C=S) groups is 1. The molecule has 0 aromatic heterocycles. The van der Waals surface area contributed by atoms with E-state index < -0.39 is 0 Å². The second-order valence-electron chi connectivity index (χ2n) is 4.74. The van der Waals surface area contributed by atoms with E-state index in [1.807, 2.05) is 36.4 Å². The minimum absolute atomic E-state index is 0.391. The summed E-state index contributed by atoms with van der Waals surface area (Å²) < 4.78 is 1.08. The molecule has 0 aliphatic carbocycles. The molecule has 3 rings (SSSR count). The van der Waals surface area contributed by atoms with E-state index in [4.69, 9.17) is 18.0 Å². The van der Waals surface area contributed by atoms with Gasteiger partial charge in [0.05, 0.1) is 0 Å². The molecule has 3 aromatic rings. The second kappa shape index (κ2) is 5.84. The van der Waals surface area contributed by atoms with Gasteiger partial charge in [-0.05, 0) is 47.2 Å². The van der Waals surface area contributed by atoms with Gasteiger partial charge in [-0.3, -0.25) is 0 Å². The van der Waals surface area contributed by atoms with Crippen LogP contribution in [0.15, 0.2) is 65.1 Å². The maximum absolute atomic E-state index is 5.76. The van der Waals surface area contributed by atoms with E-state index in [-0.39, 0.29) is 0 Å². The lowest BCUT2D eigenvalue weighted by Gasteiger charge is -2.12. The molecule has 0 unspecified atom stereocenters. The molecule has 0 atom stereocenters. The molecule has 0 bridgehead atoms. The number of anilines is 2. The van der Waals surface area contributed by atoms with Crippen LogP contribution in [-0.2, 0) is 0 Å². The Kier molecular flexibility index (Phi) is 3.90. The molecule has 2 nitrogen and oxygen atoms in total. The van der Waals surface area contributed by atoms with Gasteiger partial charge in [0.1, 0.15) is 4.99 Å². The number of rotatable bonds is 3. The maximum atomic E-state index is 5.76. The molecule has 0 heterocycles. The van der Waals surface area contributed by atoms with Crippen molar-refractivity contribution in [2.75, 3.05) is 5.32 Å². The molecular weight excluding hydrogens is 344 g/mol. The fraction of sp³-hybridized carbons (Fsp3) is 0. The van der Waals surface area contributed by atoms with Crippen molar-refractivity contribution >= 4 is 55.3 Å². The van der Waals surface area contributed by atoms with Gasteiger partial charge in [-0.2, -0.15) is 0 Å². The largest absolute Gasteiger partial charge is 0.389 e.